The number of aliphatic hydroxyl groups is 1. The molecule has 0 atom stereocenters. The first-order valence-electron chi connectivity index (χ1n) is 10.3. The summed E-state index contributed by atoms with van der Waals surface area (Å²) in [5.41, 5.74) is 4.01. The zero-order chi connectivity index (χ0) is 22.8. The van der Waals surface area contributed by atoms with E-state index in [1.54, 1.807) is 21.8 Å². The minimum Gasteiger partial charge on any atom is -0.387 e. The molecule has 3 aromatic rings. The van der Waals surface area contributed by atoms with Gasteiger partial charge < -0.3 is 25.6 Å². The standard InChI is InChI=1S/C21H24Cl2N6O3/c1-24-4-5-25-17(31)10-29-7-3-16(27-29)12-8-14(22)20(23)21-19(12)13-9-28(18(32)11-30)6-2-15(13)26-21/h3,7-8,24,26,30H,2,4-6,9-11H2,1H3,(H,25,31). The van der Waals surface area contributed by atoms with E-state index >= 15 is 0 Å². The third-order valence-corrected chi connectivity index (χ3v) is 6.34. The molecule has 3 heterocycles. The minimum absolute atomic E-state index is 0.0954. The number of benzene rings is 1. The molecule has 11 heteroatoms. The fraction of sp³-hybridized carbons (Fsp3) is 0.381. The molecule has 0 aliphatic carbocycles. The van der Waals surface area contributed by atoms with Crippen LogP contribution in [0.25, 0.3) is 22.2 Å². The molecular weight excluding hydrogens is 455 g/mol. The summed E-state index contributed by atoms with van der Waals surface area (Å²) in [4.78, 5) is 29.2. The maximum absolute atomic E-state index is 12.1. The number of rotatable bonds is 7. The van der Waals surface area contributed by atoms with Gasteiger partial charge in [0.15, 0.2) is 0 Å². The van der Waals surface area contributed by atoms with E-state index in [-0.39, 0.29) is 18.4 Å². The van der Waals surface area contributed by atoms with Crippen LogP contribution in [0.15, 0.2) is 18.3 Å². The van der Waals surface area contributed by atoms with E-state index in [1.165, 1.54) is 0 Å². The molecule has 2 amide bonds. The van der Waals surface area contributed by atoms with E-state index in [1.807, 2.05) is 13.1 Å². The van der Waals surface area contributed by atoms with Gasteiger partial charge in [0.1, 0.15) is 13.2 Å². The summed E-state index contributed by atoms with van der Waals surface area (Å²) in [6, 6.07) is 3.57. The number of hydrogen-bond donors (Lipinski definition) is 4. The molecule has 0 unspecified atom stereocenters. The lowest BCUT2D eigenvalue weighted by atomic mass is 9.99. The number of fused-ring (bicyclic) bond motifs is 3. The van der Waals surface area contributed by atoms with E-state index in [9.17, 15) is 14.7 Å². The van der Waals surface area contributed by atoms with Gasteiger partial charge in [0.25, 0.3) is 0 Å². The maximum Gasteiger partial charge on any atom is 0.248 e. The number of aromatic nitrogens is 3. The van der Waals surface area contributed by atoms with Gasteiger partial charge in [-0.1, -0.05) is 23.2 Å². The number of hydrogen-bond acceptors (Lipinski definition) is 5. The lowest BCUT2D eigenvalue weighted by molar-refractivity contribution is -0.135. The van der Waals surface area contributed by atoms with Gasteiger partial charge in [-0.05, 0) is 19.2 Å². The predicted molar refractivity (Wildman–Crippen MR) is 123 cm³/mol. The van der Waals surface area contributed by atoms with Crippen LogP contribution >= 0.6 is 23.2 Å². The molecule has 0 fully saturated rings. The maximum atomic E-state index is 12.1. The van der Waals surface area contributed by atoms with E-state index in [2.05, 4.69) is 20.7 Å². The first-order chi connectivity index (χ1) is 15.4. The summed E-state index contributed by atoms with van der Waals surface area (Å²) in [6.07, 6.45) is 2.35. The first-order valence-corrected chi connectivity index (χ1v) is 11.0. The number of carbonyl (C=O) groups excluding carboxylic acids is 2. The summed E-state index contributed by atoms with van der Waals surface area (Å²) < 4.78 is 1.57. The summed E-state index contributed by atoms with van der Waals surface area (Å²) in [6.45, 7) is 1.66. The third-order valence-electron chi connectivity index (χ3n) is 5.55. The first kappa shape index (κ1) is 22.6. The quantitative estimate of drug-likeness (QED) is 0.384. The second kappa shape index (κ2) is 9.50. The van der Waals surface area contributed by atoms with Gasteiger partial charge in [0, 0.05) is 61.0 Å². The van der Waals surface area contributed by atoms with Crippen LogP contribution in [0.1, 0.15) is 11.3 Å². The molecule has 0 saturated heterocycles. The number of aromatic amines is 1. The van der Waals surface area contributed by atoms with Crippen LogP contribution in [0.4, 0.5) is 0 Å². The Kier molecular flexibility index (Phi) is 6.71. The number of nitrogens with one attached hydrogen (secondary N) is 3. The summed E-state index contributed by atoms with van der Waals surface area (Å²) >= 11 is 12.9. The van der Waals surface area contributed by atoms with Gasteiger partial charge in [0.05, 0.1) is 21.3 Å². The Labute approximate surface area is 194 Å². The predicted octanol–water partition coefficient (Wildman–Crippen LogP) is 1.55. The molecule has 1 aliphatic heterocycles. The van der Waals surface area contributed by atoms with Crippen molar-refractivity contribution in [2.24, 2.45) is 0 Å². The van der Waals surface area contributed by atoms with Crippen molar-refractivity contribution in [1.82, 2.24) is 30.3 Å². The second-order valence-electron chi connectivity index (χ2n) is 7.63. The average molecular weight is 479 g/mol. The van der Waals surface area contributed by atoms with Crippen molar-refractivity contribution < 1.29 is 14.7 Å². The van der Waals surface area contributed by atoms with E-state index in [0.717, 1.165) is 22.2 Å². The van der Waals surface area contributed by atoms with E-state index in [0.29, 0.717) is 53.9 Å². The third kappa shape index (κ3) is 4.33. The van der Waals surface area contributed by atoms with Crippen LogP contribution in [-0.4, -0.2) is 69.9 Å². The summed E-state index contributed by atoms with van der Waals surface area (Å²) in [5.74, 6) is -0.452. The molecule has 0 radical (unpaired) electrons. The van der Waals surface area contributed by atoms with Crippen molar-refractivity contribution in [2.75, 3.05) is 33.3 Å². The van der Waals surface area contributed by atoms with Crippen LogP contribution in [0.2, 0.25) is 10.0 Å². The van der Waals surface area contributed by atoms with Gasteiger partial charge in [0.2, 0.25) is 11.8 Å². The van der Waals surface area contributed by atoms with Crippen molar-refractivity contribution in [3.8, 4) is 11.3 Å². The molecule has 1 aliphatic rings. The molecule has 0 spiro atoms. The lowest BCUT2D eigenvalue weighted by Gasteiger charge is -2.26. The summed E-state index contributed by atoms with van der Waals surface area (Å²) in [7, 11) is 1.82. The van der Waals surface area contributed by atoms with Crippen molar-refractivity contribution in [2.45, 2.75) is 19.5 Å². The molecular formula is C21H24Cl2N6O3. The monoisotopic (exact) mass is 478 g/mol. The van der Waals surface area contributed by atoms with Gasteiger partial charge in [-0.3, -0.25) is 14.3 Å². The Bertz CT molecular complexity index is 1170. The zero-order valence-corrected chi connectivity index (χ0v) is 19.1. The molecule has 0 saturated carbocycles. The number of likely N-dealkylation sites (N-methyl/N-ethyl adjacent to an activating group) is 1. The van der Waals surface area contributed by atoms with E-state index < -0.39 is 6.61 Å². The Morgan fingerprint density at radius 3 is 2.88 bits per heavy atom. The van der Waals surface area contributed by atoms with Crippen LogP contribution in [-0.2, 0) is 29.1 Å². The normalized spacial score (nSPS) is 13.4. The highest BCUT2D eigenvalue weighted by molar-refractivity contribution is 6.45. The Morgan fingerprint density at radius 2 is 2.12 bits per heavy atom. The molecule has 0 bridgehead atoms. The molecule has 32 heavy (non-hydrogen) atoms. The number of halogens is 2. The number of H-pyrrole nitrogens is 1. The fourth-order valence-corrected chi connectivity index (χ4v) is 4.38. The number of amides is 2. The van der Waals surface area contributed by atoms with Crippen molar-refractivity contribution in [1.29, 1.82) is 0 Å². The number of nitrogens with zero attached hydrogens (tertiary/aromatic N) is 3. The smallest absolute Gasteiger partial charge is 0.248 e. The SMILES string of the molecule is CNCCNC(=O)Cn1ccc(-c2cc(Cl)c(Cl)c3[nH]c4c(c23)CN(C(=O)CO)CC4)n1. The Balaban J connectivity index is 1.70. The fourth-order valence-electron chi connectivity index (χ4n) is 3.98. The highest BCUT2D eigenvalue weighted by Gasteiger charge is 2.27. The Morgan fingerprint density at radius 1 is 1.31 bits per heavy atom. The van der Waals surface area contributed by atoms with Crippen LogP contribution in [0, 0.1) is 0 Å². The van der Waals surface area contributed by atoms with Crippen molar-refractivity contribution in [3.05, 3.63) is 39.6 Å². The number of aliphatic hydroxyl groups excluding tert-OH is 1. The van der Waals surface area contributed by atoms with Gasteiger partial charge in [-0.2, -0.15) is 5.10 Å². The average Bonchev–Trinajstić information content (AvgIpc) is 3.40. The largest absolute Gasteiger partial charge is 0.387 e. The second-order valence-corrected chi connectivity index (χ2v) is 8.41. The van der Waals surface area contributed by atoms with Crippen molar-refractivity contribution in [3.63, 3.8) is 0 Å². The molecule has 4 rings (SSSR count). The van der Waals surface area contributed by atoms with Crippen LogP contribution < -0.4 is 10.6 Å². The Hall–Kier alpha value is -2.59. The molecule has 9 nitrogen and oxygen atoms in total. The molecule has 1 aromatic carbocycles. The van der Waals surface area contributed by atoms with Crippen LogP contribution in [0.5, 0.6) is 0 Å². The number of carbonyl (C=O) groups is 2. The highest BCUT2D eigenvalue weighted by atomic mass is 35.5. The van der Waals surface area contributed by atoms with Gasteiger partial charge >= 0.3 is 0 Å². The minimum atomic E-state index is -0.530. The van der Waals surface area contributed by atoms with Gasteiger partial charge in [-0.15, -0.1) is 0 Å². The zero-order valence-electron chi connectivity index (χ0n) is 17.5. The van der Waals surface area contributed by atoms with Crippen molar-refractivity contribution >= 4 is 45.9 Å². The molecule has 4 N–H and O–H groups in total. The molecule has 2 aromatic heterocycles. The van der Waals surface area contributed by atoms with Crippen LogP contribution in [0.3, 0.4) is 0 Å². The summed E-state index contributed by atoms with van der Waals surface area (Å²) in [5, 5.41) is 21.3. The van der Waals surface area contributed by atoms with Gasteiger partial charge in [-0.25, -0.2) is 0 Å². The molecule has 170 valence electrons. The lowest BCUT2D eigenvalue weighted by Crippen LogP contribution is -2.37. The van der Waals surface area contributed by atoms with E-state index in [4.69, 9.17) is 23.2 Å². The topological polar surface area (TPSA) is 115 Å². The highest BCUT2D eigenvalue weighted by Crippen LogP contribution is 2.41.